The zero-order valence-electron chi connectivity index (χ0n) is 10.3. The molecule has 0 saturated heterocycles. The minimum Gasteiger partial charge on any atom is -0.316 e. The first kappa shape index (κ1) is 13.4. The van der Waals surface area contributed by atoms with Crippen molar-refractivity contribution in [2.75, 3.05) is 12.8 Å². The van der Waals surface area contributed by atoms with Crippen LogP contribution in [0.15, 0.2) is 30.3 Å². The molecule has 0 radical (unpaired) electrons. The van der Waals surface area contributed by atoms with E-state index in [-0.39, 0.29) is 0 Å². The molecule has 0 heterocycles. The third kappa shape index (κ3) is 4.45. The van der Waals surface area contributed by atoms with E-state index in [4.69, 9.17) is 0 Å². The molecule has 2 unspecified atom stereocenters. The minimum atomic E-state index is -0.784. The fraction of sp³-hybridized carbons (Fsp3) is 0.538. The number of nitrogens with one attached hydrogen (secondary N) is 1. The minimum absolute atomic E-state index is 0.338. The van der Waals surface area contributed by atoms with Crippen LogP contribution >= 0.6 is 0 Å². The average Bonchev–Trinajstić information content (AvgIpc) is 2.27. The number of hydrogen-bond donors (Lipinski definition) is 1. The van der Waals surface area contributed by atoms with E-state index in [0.29, 0.717) is 17.7 Å². The van der Waals surface area contributed by atoms with E-state index >= 15 is 0 Å². The quantitative estimate of drug-likeness (QED) is 0.824. The van der Waals surface area contributed by atoms with Gasteiger partial charge in [-0.05, 0) is 18.5 Å². The van der Waals surface area contributed by atoms with Crippen LogP contribution in [0.3, 0.4) is 0 Å². The normalized spacial score (nSPS) is 15.0. The van der Waals surface area contributed by atoms with E-state index in [9.17, 15) is 4.21 Å². The van der Waals surface area contributed by atoms with Gasteiger partial charge in [0.15, 0.2) is 0 Å². The molecule has 0 bridgehead atoms. The van der Waals surface area contributed by atoms with E-state index in [1.165, 1.54) is 0 Å². The van der Waals surface area contributed by atoms with Crippen molar-refractivity contribution in [2.24, 2.45) is 5.92 Å². The second-order valence-electron chi connectivity index (χ2n) is 4.38. The Morgan fingerprint density at radius 2 is 1.88 bits per heavy atom. The molecule has 1 rings (SSSR count). The molecule has 0 fully saturated rings. The Balaban J connectivity index is 2.47. The zero-order chi connectivity index (χ0) is 12.0. The maximum Gasteiger partial charge on any atom is 0.0486 e. The van der Waals surface area contributed by atoms with E-state index in [1.54, 1.807) is 0 Å². The monoisotopic (exact) mass is 239 g/mol. The van der Waals surface area contributed by atoms with E-state index in [0.717, 1.165) is 11.3 Å². The van der Waals surface area contributed by atoms with Crippen LogP contribution < -0.4 is 5.32 Å². The van der Waals surface area contributed by atoms with Gasteiger partial charge in [0.05, 0.1) is 0 Å². The summed E-state index contributed by atoms with van der Waals surface area (Å²) in [5.41, 5.74) is 1.15. The summed E-state index contributed by atoms with van der Waals surface area (Å²) in [4.78, 5) is 0. The number of benzene rings is 1. The topological polar surface area (TPSA) is 29.1 Å². The lowest BCUT2D eigenvalue weighted by molar-refractivity contribution is 0.461. The summed E-state index contributed by atoms with van der Waals surface area (Å²) in [7, 11) is 1.15. The first-order valence-electron chi connectivity index (χ1n) is 5.69. The van der Waals surface area contributed by atoms with Crippen LogP contribution in [0, 0.1) is 5.92 Å². The molecular formula is C13H21NOS. The van der Waals surface area contributed by atoms with Crippen molar-refractivity contribution < 1.29 is 4.21 Å². The smallest absolute Gasteiger partial charge is 0.0486 e. The second-order valence-corrected chi connectivity index (χ2v) is 5.88. The van der Waals surface area contributed by atoms with E-state index in [1.807, 2.05) is 37.4 Å². The van der Waals surface area contributed by atoms with Crippen molar-refractivity contribution in [1.29, 1.82) is 0 Å². The highest BCUT2D eigenvalue weighted by Crippen LogP contribution is 2.07. The Morgan fingerprint density at radius 3 is 2.38 bits per heavy atom. The van der Waals surface area contributed by atoms with Gasteiger partial charge in [0.25, 0.3) is 0 Å². The summed E-state index contributed by atoms with van der Waals surface area (Å²) in [5.74, 6) is 1.90. The fourth-order valence-electron chi connectivity index (χ4n) is 1.63. The standard InChI is InChI=1S/C13H21NOS/c1-11(2)13(14-3)10-16(15)9-12-7-5-4-6-8-12/h4-8,11,13-14H,9-10H2,1-3H3. The molecule has 0 aliphatic rings. The third-order valence-corrected chi connectivity index (χ3v) is 4.10. The molecule has 2 atom stereocenters. The zero-order valence-corrected chi connectivity index (χ0v) is 11.1. The van der Waals surface area contributed by atoms with Crippen LogP contribution in [0.2, 0.25) is 0 Å². The van der Waals surface area contributed by atoms with Crippen molar-refractivity contribution in [3.05, 3.63) is 35.9 Å². The Kier molecular flexibility index (Phi) is 5.71. The molecule has 0 aromatic heterocycles. The summed E-state index contributed by atoms with van der Waals surface area (Å²) in [6, 6.07) is 10.4. The molecule has 1 N–H and O–H groups in total. The molecule has 0 aliphatic heterocycles. The number of rotatable bonds is 6. The Hall–Kier alpha value is -0.670. The fourth-order valence-corrected chi connectivity index (χ4v) is 3.26. The van der Waals surface area contributed by atoms with Crippen LogP contribution in [0.1, 0.15) is 19.4 Å². The SMILES string of the molecule is CNC(CS(=O)Cc1ccccc1)C(C)C. The van der Waals surface area contributed by atoms with Gasteiger partial charge in [0.2, 0.25) is 0 Å². The van der Waals surface area contributed by atoms with Crippen LogP contribution in [-0.4, -0.2) is 23.1 Å². The lowest BCUT2D eigenvalue weighted by Gasteiger charge is -2.19. The molecule has 1 aromatic carbocycles. The van der Waals surface area contributed by atoms with Gasteiger partial charge in [-0.1, -0.05) is 44.2 Å². The van der Waals surface area contributed by atoms with Crippen LogP contribution in [0.25, 0.3) is 0 Å². The molecule has 0 spiro atoms. The highest BCUT2D eigenvalue weighted by Gasteiger charge is 2.14. The lowest BCUT2D eigenvalue weighted by Crippen LogP contribution is -2.36. The van der Waals surface area contributed by atoms with Crippen LogP contribution in [0.5, 0.6) is 0 Å². The van der Waals surface area contributed by atoms with Gasteiger partial charge in [-0.15, -0.1) is 0 Å². The number of hydrogen-bond acceptors (Lipinski definition) is 2. The van der Waals surface area contributed by atoms with Gasteiger partial charge in [-0.25, -0.2) is 0 Å². The first-order valence-corrected chi connectivity index (χ1v) is 7.18. The molecule has 0 amide bonds. The summed E-state index contributed by atoms with van der Waals surface area (Å²) in [6.45, 7) is 4.31. The maximum atomic E-state index is 12.0. The molecule has 16 heavy (non-hydrogen) atoms. The Labute approximate surface area is 101 Å². The van der Waals surface area contributed by atoms with Crippen molar-refractivity contribution in [1.82, 2.24) is 5.32 Å². The van der Waals surface area contributed by atoms with Crippen molar-refractivity contribution in [3.8, 4) is 0 Å². The highest BCUT2D eigenvalue weighted by molar-refractivity contribution is 7.84. The van der Waals surface area contributed by atoms with E-state index in [2.05, 4.69) is 19.2 Å². The molecule has 3 heteroatoms. The Morgan fingerprint density at radius 1 is 1.25 bits per heavy atom. The van der Waals surface area contributed by atoms with Crippen molar-refractivity contribution in [3.63, 3.8) is 0 Å². The molecular weight excluding hydrogens is 218 g/mol. The van der Waals surface area contributed by atoms with Gasteiger partial charge in [0, 0.05) is 28.3 Å². The largest absolute Gasteiger partial charge is 0.316 e. The third-order valence-electron chi connectivity index (χ3n) is 2.71. The molecule has 2 nitrogen and oxygen atoms in total. The summed E-state index contributed by atoms with van der Waals surface area (Å²) < 4.78 is 12.0. The van der Waals surface area contributed by atoms with Gasteiger partial charge < -0.3 is 5.32 Å². The predicted molar refractivity (Wildman–Crippen MR) is 70.8 cm³/mol. The van der Waals surface area contributed by atoms with Crippen LogP contribution in [0.4, 0.5) is 0 Å². The molecule has 90 valence electrons. The van der Waals surface area contributed by atoms with Crippen LogP contribution in [-0.2, 0) is 16.6 Å². The summed E-state index contributed by atoms with van der Waals surface area (Å²) in [5, 5.41) is 3.23. The molecule has 1 aromatic rings. The predicted octanol–water partition coefficient (Wildman–Crippen LogP) is 2.18. The molecule has 0 saturated carbocycles. The van der Waals surface area contributed by atoms with Gasteiger partial charge in [-0.2, -0.15) is 0 Å². The van der Waals surface area contributed by atoms with Gasteiger partial charge in [0.1, 0.15) is 0 Å². The van der Waals surface area contributed by atoms with E-state index < -0.39 is 10.8 Å². The maximum absolute atomic E-state index is 12.0. The van der Waals surface area contributed by atoms with Crippen molar-refractivity contribution in [2.45, 2.75) is 25.6 Å². The first-order chi connectivity index (χ1) is 7.63. The second kappa shape index (κ2) is 6.81. The van der Waals surface area contributed by atoms with Gasteiger partial charge >= 0.3 is 0 Å². The average molecular weight is 239 g/mol. The lowest BCUT2D eigenvalue weighted by atomic mass is 10.1. The Bertz CT molecular complexity index is 324. The van der Waals surface area contributed by atoms with Gasteiger partial charge in [-0.3, -0.25) is 4.21 Å². The summed E-state index contributed by atoms with van der Waals surface area (Å²) >= 11 is 0. The molecule has 0 aliphatic carbocycles. The summed E-state index contributed by atoms with van der Waals surface area (Å²) in [6.07, 6.45) is 0. The highest BCUT2D eigenvalue weighted by atomic mass is 32.2. The van der Waals surface area contributed by atoms with Crippen molar-refractivity contribution >= 4 is 10.8 Å².